The van der Waals surface area contributed by atoms with E-state index < -0.39 is 13.9 Å². The van der Waals surface area contributed by atoms with Gasteiger partial charge in [0.2, 0.25) is 0 Å². The van der Waals surface area contributed by atoms with Crippen LogP contribution in [0.5, 0.6) is 0 Å². The van der Waals surface area contributed by atoms with Gasteiger partial charge in [0.1, 0.15) is 0 Å². The van der Waals surface area contributed by atoms with Crippen molar-refractivity contribution in [3.05, 3.63) is 60.2 Å². The van der Waals surface area contributed by atoms with Crippen LogP contribution in [0.3, 0.4) is 0 Å². The molecule has 0 fully saturated rings. The van der Waals surface area contributed by atoms with Crippen molar-refractivity contribution in [2.75, 3.05) is 0 Å². The molecule has 0 aliphatic rings. The fourth-order valence-electron chi connectivity index (χ4n) is 2.59. The summed E-state index contributed by atoms with van der Waals surface area (Å²) in [7, 11) is -2.63. The van der Waals surface area contributed by atoms with E-state index in [1.54, 1.807) is 0 Å². The van der Waals surface area contributed by atoms with Gasteiger partial charge in [0.25, 0.3) is 0 Å². The Morgan fingerprint density at radius 3 is 1.95 bits per heavy atom. The fourth-order valence-corrected chi connectivity index (χ4v) is 3.25. The molecule has 2 aromatic carbocycles. The van der Waals surface area contributed by atoms with E-state index in [0.29, 0.717) is 12.8 Å². The maximum absolute atomic E-state index is 11.1. The normalized spacial score (nSPS) is 12.2. The van der Waals surface area contributed by atoms with Gasteiger partial charge in [-0.05, 0) is 29.5 Å². The van der Waals surface area contributed by atoms with Crippen LogP contribution in [-0.2, 0) is 14.7 Å². The van der Waals surface area contributed by atoms with Crippen LogP contribution in [0.1, 0.15) is 32.3 Å². The quantitative estimate of drug-likeness (QED) is 0.761. The molecule has 0 spiro atoms. The molecule has 0 radical (unpaired) electrons. The molecule has 0 saturated carbocycles. The standard InChI is InChI=1S/C17H19O3P/c1-3-17(4-2,20-21(18)19)16-12-10-15(11-13-16)14-8-6-5-7-9-14/h5-13H,3-4H2,1-2H3/p+1. The molecule has 110 valence electrons. The molecule has 0 aliphatic carbocycles. The van der Waals surface area contributed by atoms with Crippen LogP contribution < -0.4 is 0 Å². The summed E-state index contributed by atoms with van der Waals surface area (Å²) in [5.41, 5.74) is 2.51. The van der Waals surface area contributed by atoms with Crippen molar-refractivity contribution < 1.29 is 14.0 Å². The smallest absolute Gasteiger partial charge is 0.133 e. The van der Waals surface area contributed by atoms with Gasteiger partial charge in [-0.1, -0.05) is 68.4 Å². The lowest BCUT2D eigenvalue weighted by Gasteiger charge is -2.25. The van der Waals surface area contributed by atoms with Crippen molar-refractivity contribution >= 4 is 8.25 Å². The first-order valence-electron chi connectivity index (χ1n) is 7.12. The molecule has 4 heteroatoms. The maximum Gasteiger partial charge on any atom is 0.695 e. The average molecular weight is 303 g/mol. The number of hydrogen-bond acceptors (Lipinski definition) is 2. The highest BCUT2D eigenvalue weighted by Gasteiger charge is 2.39. The minimum absolute atomic E-state index is 0.649. The molecule has 3 nitrogen and oxygen atoms in total. The lowest BCUT2D eigenvalue weighted by Crippen LogP contribution is -2.25. The molecule has 0 aromatic heterocycles. The third kappa shape index (κ3) is 3.56. The van der Waals surface area contributed by atoms with Crippen LogP contribution in [-0.4, -0.2) is 4.89 Å². The molecule has 0 saturated heterocycles. The zero-order valence-electron chi connectivity index (χ0n) is 12.3. The molecular weight excluding hydrogens is 283 g/mol. The summed E-state index contributed by atoms with van der Waals surface area (Å²) in [5, 5.41) is 0. The summed E-state index contributed by atoms with van der Waals surface area (Å²) < 4.78 is 16.5. The highest BCUT2D eigenvalue weighted by Crippen LogP contribution is 2.40. The van der Waals surface area contributed by atoms with E-state index >= 15 is 0 Å². The van der Waals surface area contributed by atoms with Gasteiger partial charge < -0.3 is 0 Å². The summed E-state index contributed by atoms with van der Waals surface area (Å²) in [6, 6.07) is 18.1. The third-order valence-electron chi connectivity index (χ3n) is 3.91. The molecule has 1 N–H and O–H groups in total. The molecular formula is C17H20O3P+. The highest BCUT2D eigenvalue weighted by molar-refractivity contribution is 7.32. The van der Waals surface area contributed by atoms with Gasteiger partial charge in [-0.2, -0.15) is 0 Å². The molecule has 1 unspecified atom stereocenters. The highest BCUT2D eigenvalue weighted by atomic mass is 31.1. The van der Waals surface area contributed by atoms with Crippen LogP contribution >= 0.6 is 8.25 Å². The Bertz CT molecular complexity index is 589. The first-order valence-corrected chi connectivity index (χ1v) is 8.25. The maximum atomic E-state index is 11.1. The molecule has 2 rings (SSSR count). The van der Waals surface area contributed by atoms with Crippen molar-refractivity contribution in [2.45, 2.75) is 32.3 Å². The Kier molecular flexibility index (Phi) is 5.24. The zero-order chi connectivity index (χ0) is 15.3. The third-order valence-corrected chi connectivity index (χ3v) is 4.42. The first kappa shape index (κ1) is 15.8. The minimum atomic E-state index is -2.63. The van der Waals surface area contributed by atoms with Crippen LogP contribution in [0.15, 0.2) is 54.6 Å². The van der Waals surface area contributed by atoms with E-state index in [1.807, 2.05) is 56.3 Å². The Labute approximate surface area is 126 Å². The van der Waals surface area contributed by atoms with Gasteiger partial charge in [0.05, 0.1) is 0 Å². The van der Waals surface area contributed by atoms with Gasteiger partial charge in [-0.3, -0.25) is 0 Å². The number of benzene rings is 2. The van der Waals surface area contributed by atoms with Gasteiger partial charge >= 0.3 is 8.25 Å². The van der Waals surface area contributed by atoms with Crippen molar-refractivity contribution in [2.24, 2.45) is 0 Å². The SMILES string of the molecule is CCC(CC)(O[P+](=O)O)c1ccc(-c2ccccc2)cc1. The van der Waals surface area contributed by atoms with Crippen molar-refractivity contribution in [1.29, 1.82) is 0 Å². The topological polar surface area (TPSA) is 46.5 Å². The second-order valence-corrected chi connectivity index (χ2v) is 5.63. The Balaban J connectivity index is 2.34. The van der Waals surface area contributed by atoms with Gasteiger partial charge in [0.15, 0.2) is 5.60 Å². The second-order valence-electron chi connectivity index (χ2n) is 4.97. The van der Waals surface area contributed by atoms with E-state index in [1.165, 1.54) is 0 Å². The summed E-state index contributed by atoms with van der Waals surface area (Å²) in [4.78, 5) is 9.13. The predicted molar refractivity (Wildman–Crippen MR) is 85.0 cm³/mol. The second kappa shape index (κ2) is 6.95. The van der Waals surface area contributed by atoms with Gasteiger partial charge in [-0.15, -0.1) is 9.42 Å². The van der Waals surface area contributed by atoms with Crippen LogP contribution in [0.2, 0.25) is 0 Å². The Hall–Kier alpha value is -1.54. The van der Waals surface area contributed by atoms with E-state index in [2.05, 4.69) is 12.1 Å². The van der Waals surface area contributed by atoms with E-state index in [0.717, 1.165) is 16.7 Å². The molecule has 0 bridgehead atoms. The van der Waals surface area contributed by atoms with Gasteiger partial charge in [0, 0.05) is 4.57 Å². The molecule has 21 heavy (non-hydrogen) atoms. The number of hydrogen-bond donors (Lipinski definition) is 1. The van der Waals surface area contributed by atoms with Crippen molar-refractivity contribution in [3.63, 3.8) is 0 Å². The monoisotopic (exact) mass is 303 g/mol. The van der Waals surface area contributed by atoms with Crippen LogP contribution in [0.4, 0.5) is 0 Å². The largest absolute Gasteiger partial charge is 0.695 e. The van der Waals surface area contributed by atoms with E-state index in [-0.39, 0.29) is 0 Å². The molecule has 2 aromatic rings. The molecule has 0 amide bonds. The van der Waals surface area contributed by atoms with Crippen molar-refractivity contribution in [1.82, 2.24) is 0 Å². The lowest BCUT2D eigenvalue weighted by molar-refractivity contribution is 0.0536. The first-order chi connectivity index (χ1) is 10.1. The Morgan fingerprint density at radius 2 is 1.48 bits per heavy atom. The van der Waals surface area contributed by atoms with E-state index in [4.69, 9.17) is 9.42 Å². The van der Waals surface area contributed by atoms with E-state index in [9.17, 15) is 4.57 Å². The van der Waals surface area contributed by atoms with Crippen LogP contribution in [0.25, 0.3) is 11.1 Å². The molecule has 0 aliphatic heterocycles. The molecule has 0 heterocycles. The summed E-state index contributed by atoms with van der Waals surface area (Å²) in [5.74, 6) is 0. The number of rotatable bonds is 6. The molecule has 1 atom stereocenters. The summed E-state index contributed by atoms with van der Waals surface area (Å²) in [6.45, 7) is 3.93. The summed E-state index contributed by atoms with van der Waals surface area (Å²) >= 11 is 0. The average Bonchev–Trinajstić information content (AvgIpc) is 2.53. The fraction of sp³-hybridized carbons (Fsp3) is 0.294. The minimum Gasteiger partial charge on any atom is -0.133 e. The van der Waals surface area contributed by atoms with Crippen molar-refractivity contribution in [3.8, 4) is 11.1 Å². The Morgan fingerprint density at radius 1 is 0.952 bits per heavy atom. The predicted octanol–water partition coefficient (Wildman–Crippen LogP) is 5.04. The lowest BCUT2D eigenvalue weighted by atomic mass is 9.87. The summed E-state index contributed by atoms with van der Waals surface area (Å²) in [6.07, 6.45) is 1.30. The van der Waals surface area contributed by atoms with Gasteiger partial charge in [-0.25, -0.2) is 0 Å². The van der Waals surface area contributed by atoms with Crippen LogP contribution in [0, 0.1) is 0 Å². The zero-order valence-corrected chi connectivity index (χ0v) is 13.2.